The van der Waals surface area contributed by atoms with Crippen LogP contribution in [-0.4, -0.2) is 57.4 Å². The Morgan fingerprint density at radius 3 is 2.60 bits per heavy atom. The van der Waals surface area contributed by atoms with Crippen molar-refractivity contribution in [3.63, 3.8) is 0 Å². The van der Waals surface area contributed by atoms with Gasteiger partial charge < -0.3 is 20.9 Å². The van der Waals surface area contributed by atoms with Gasteiger partial charge in [-0.05, 0) is 29.4 Å². The molecule has 0 spiro atoms. The molecule has 1 aromatic heterocycles. The summed E-state index contributed by atoms with van der Waals surface area (Å²) in [5.41, 5.74) is 7.92. The van der Waals surface area contributed by atoms with Gasteiger partial charge in [-0.25, -0.2) is 0 Å². The molecule has 2 rings (SSSR count). The van der Waals surface area contributed by atoms with Gasteiger partial charge in [-0.3, -0.25) is 4.90 Å². The van der Waals surface area contributed by atoms with E-state index in [4.69, 9.17) is 17.3 Å². The molecule has 1 aliphatic rings. The molecule has 0 aromatic carbocycles. The first-order chi connectivity index (χ1) is 9.57. The van der Waals surface area contributed by atoms with Crippen LogP contribution in [-0.2, 0) is 0 Å². The van der Waals surface area contributed by atoms with Gasteiger partial charge in [0, 0.05) is 25.5 Å². The Hall–Kier alpha value is -1.11. The summed E-state index contributed by atoms with van der Waals surface area (Å²) >= 11 is 6.19. The fourth-order valence-electron chi connectivity index (χ4n) is 2.44. The fourth-order valence-corrected chi connectivity index (χ4v) is 2.63. The van der Waals surface area contributed by atoms with E-state index >= 15 is 0 Å². The van der Waals surface area contributed by atoms with Gasteiger partial charge >= 0.3 is 0 Å². The van der Waals surface area contributed by atoms with Crippen LogP contribution in [0.25, 0.3) is 5.57 Å². The molecule has 0 radical (unpaired) electrons. The van der Waals surface area contributed by atoms with Crippen LogP contribution in [0.1, 0.15) is 5.56 Å². The highest BCUT2D eigenvalue weighted by Crippen LogP contribution is 2.31. The normalized spacial score (nSPS) is 26.1. The zero-order chi connectivity index (χ0) is 14.6. The first-order valence-corrected chi connectivity index (χ1v) is 6.94. The first-order valence-electron chi connectivity index (χ1n) is 6.56. The highest BCUT2D eigenvalue weighted by molar-refractivity contribution is 6.26. The molecule has 2 unspecified atom stereocenters. The lowest BCUT2D eigenvalue weighted by atomic mass is 9.92. The topological polar surface area (TPSA) is 85.5 Å². The van der Waals surface area contributed by atoms with Gasteiger partial charge in [0.05, 0.1) is 19.3 Å². The number of nitrogens with one attached hydrogen (secondary N) is 1. The Morgan fingerprint density at radius 2 is 2.05 bits per heavy atom. The molecule has 0 saturated heterocycles. The molecule has 2 atom stereocenters. The van der Waals surface area contributed by atoms with Crippen molar-refractivity contribution in [2.75, 3.05) is 26.3 Å². The lowest BCUT2D eigenvalue weighted by Gasteiger charge is -2.34. The van der Waals surface area contributed by atoms with Gasteiger partial charge in [0.1, 0.15) is 5.00 Å². The Balaban J connectivity index is 2.32. The number of aromatic nitrogens is 1. The lowest BCUT2D eigenvalue weighted by molar-refractivity contribution is 0.155. The predicted molar refractivity (Wildman–Crippen MR) is 80.2 cm³/mol. The second-order valence-corrected chi connectivity index (χ2v) is 5.47. The molecule has 1 aliphatic carbocycles. The molecule has 0 amide bonds. The molecule has 1 heterocycles. The second-order valence-electron chi connectivity index (χ2n) is 4.81. The van der Waals surface area contributed by atoms with E-state index in [1.165, 1.54) is 0 Å². The molecule has 1 aromatic rings. The number of alkyl halides is 1. The Labute approximate surface area is 123 Å². The number of nitrogens with zero attached hydrogens (tertiary/aromatic N) is 1. The monoisotopic (exact) mass is 297 g/mol. The van der Waals surface area contributed by atoms with Crippen molar-refractivity contribution < 1.29 is 10.2 Å². The van der Waals surface area contributed by atoms with Crippen molar-refractivity contribution in [1.29, 1.82) is 0 Å². The van der Waals surface area contributed by atoms with Crippen LogP contribution in [0.2, 0.25) is 0 Å². The molecule has 20 heavy (non-hydrogen) atoms. The highest BCUT2D eigenvalue weighted by Gasteiger charge is 2.29. The molecule has 5 N–H and O–H groups in total. The highest BCUT2D eigenvalue weighted by atomic mass is 35.5. The second kappa shape index (κ2) is 6.56. The van der Waals surface area contributed by atoms with E-state index in [1.807, 2.05) is 35.5 Å². The van der Waals surface area contributed by atoms with Gasteiger partial charge in [0.2, 0.25) is 0 Å². The molecule has 0 bridgehead atoms. The Kier molecular flexibility index (Phi) is 5.01. The molecule has 0 saturated carbocycles. The first kappa shape index (κ1) is 15.3. The Morgan fingerprint density at radius 1 is 1.35 bits per heavy atom. The number of H-pyrrole nitrogens is 1. The van der Waals surface area contributed by atoms with Crippen LogP contribution in [0.3, 0.4) is 0 Å². The van der Waals surface area contributed by atoms with E-state index < -0.39 is 5.00 Å². The number of aliphatic hydroxyl groups is 2. The SMILES string of the molecule is NC1(Cl)C=CC(N(CCO)CCO)C(c2cc[nH]c2)=C1. The number of hydrogen-bond acceptors (Lipinski definition) is 4. The van der Waals surface area contributed by atoms with E-state index in [-0.39, 0.29) is 19.3 Å². The summed E-state index contributed by atoms with van der Waals surface area (Å²) in [6, 6.07) is 1.88. The quantitative estimate of drug-likeness (QED) is 0.350. The van der Waals surface area contributed by atoms with Crippen LogP contribution in [0.4, 0.5) is 0 Å². The van der Waals surface area contributed by atoms with Crippen molar-refractivity contribution in [2.24, 2.45) is 5.73 Å². The van der Waals surface area contributed by atoms with E-state index in [2.05, 4.69) is 4.98 Å². The largest absolute Gasteiger partial charge is 0.395 e. The summed E-state index contributed by atoms with van der Waals surface area (Å²) in [6.45, 7) is 0.993. The van der Waals surface area contributed by atoms with Crippen LogP contribution < -0.4 is 5.73 Å². The van der Waals surface area contributed by atoms with Gasteiger partial charge in [0.25, 0.3) is 0 Å². The zero-order valence-corrected chi connectivity index (χ0v) is 11.9. The maximum absolute atomic E-state index is 9.19. The van der Waals surface area contributed by atoms with Crippen LogP contribution in [0, 0.1) is 0 Å². The average Bonchev–Trinajstić information content (AvgIpc) is 2.91. The van der Waals surface area contributed by atoms with Gasteiger partial charge in [-0.2, -0.15) is 0 Å². The number of nitrogens with two attached hydrogens (primary N) is 1. The number of halogens is 1. The van der Waals surface area contributed by atoms with Gasteiger partial charge in [-0.1, -0.05) is 17.7 Å². The van der Waals surface area contributed by atoms with Crippen LogP contribution >= 0.6 is 11.6 Å². The molecule has 6 heteroatoms. The molecular weight excluding hydrogens is 278 g/mol. The van der Waals surface area contributed by atoms with Crippen molar-refractivity contribution in [3.05, 3.63) is 42.3 Å². The smallest absolute Gasteiger partial charge is 0.129 e. The third-order valence-corrected chi connectivity index (χ3v) is 3.56. The number of aromatic amines is 1. The van der Waals surface area contributed by atoms with E-state index in [1.54, 1.807) is 6.08 Å². The summed E-state index contributed by atoms with van der Waals surface area (Å²) in [7, 11) is 0. The maximum Gasteiger partial charge on any atom is 0.129 e. The minimum absolute atomic E-state index is 0.0272. The third-order valence-electron chi connectivity index (χ3n) is 3.33. The van der Waals surface area contributed by atoms with E-state index in [0.29, 0.717) is 13.1 Å². The van der Waals surface area contributed by atoms with Crippen molar-refractivity contribution in [2.45, 2.75) is 11.0 Å². The van der Waals surface area contributed by atoms with Crippen LogP contribution in [0.5, 0.6) is 0 Å². The summed E-state index contributed by atoms with van der Waals surface area (Å²) in [5, 5.41) is 18.4. The van der Waals surface area contributed by atoms with Crippen molar-refractivity contribution >= 4 is 17.2 Å². The molecular formula is C14H20ClN3O2. The molecule has 0 aliphatic heterocycles. The lowest BCUT2D eigenvalue weighted by Crippen LogP contribution is -2.42. The van der Waals surface area contributed by atoms with Gasteiger partial charge in [0.15, 0.2) is 0 Å². The number of aliphatic hydroxyl groups excluding tert-OH is 2. The van der Waals surface area contributed by atoms with E-state index in [9.17, 15) is 10.2 Å². The molecule has 5 nitrogen and oxygen atoms in total. The van der Waals surface area contributed by atoms with Gasteiger partial charge in [-0.15, -0.1) is 0 Å². The minimum atomic E-state index is -1.01. The maximum atomic E-state index is 9.19. The van der Waals surface area contributed by atoms with Crippen molar-refractivity contribution in [3.8, 4) is 0 Å². The summed E-state index contributed by atoms with van der Waals surface area (Å²) < 4.78 is 0. The number of rotatable bonds is 6. The zero-order valence-electron chi connectivity index (χ0n) is 11.2. The molecule has 0 fully saturated rings. The summed E-state index contributed by atoms with van der Waals surface area (Å²) in [4.78, 5) is 3.99. The summed E-state index contributed by atoms with van der Waals surface area (Å²) in [5.74, 6) is 0. The number of hydrogen-bond donors (Lipinski definition) is 4. The standard InChI is InChI=1S/C14H20ClN3O2/c15-14(16)3-1-13(18(5-7-19)6-8-20)12(9-14)11-2-4-17-10-11/h1-4,9-10,13,17,19-20H,5-8,16H2. The summed E-state index contributed by atoms with van der Waals surface area (Å²) in [6.07, 6.45) is 9.17. The van der Waals surface area contributed by atoms with Crippen molar-refractivity contribution in [1.82, 2.24) is 9.88 Å². The fraction of sp³-hybridized carbons (Fsp3) is 0.429. The third kappa shape index (κ3) is 3.50. The Bertz CT molecular complexity index is 477. The van der Waals surface area contributed by atoms with E-state index in [0.717, 1.165) is 11.1 Å². The minimum Gasteiger partial charge on any atom is -0.395 e. The molecule has 110 valence electrons. The average molecular weight is 298 g/mol. The predicted octanol–water partition coefficient (Wildman–Crippen LogP) is 0.517. The van der Waals surface area contributed by atoms with Crippen LogP contribution in [0.15, 0.2) is 36.7 Å².